The number of methoxy groups -OCH3 is 2. The number of aliphatic hydroxyl groups is 2. The van der Waals surface area contributed by atoms with Gasteiger partial charge in [0.05, 0.1) is 42.0 Å². The highest BCUT2D eigenvalue weighted by Gasteiger charge is 2.54. The Morgan fingerprint density at radius 2 is 1.62 bits per heavy atom. The zero-order chi connectivity index (χ0) is 47.0. The molecular weight excluding hydrogens is 821 g/mol. The predicted molar refractivity (Wildman–Crippen MR) is 241 cm³/mol. The summed E-state index contributed by atoms with van der Waals surface area (Å²) in [6.45, 7) is 20.1. The van der Waals surface area contributed by atoms with E-state index < -0.39 is 70.8 Å². The van der Waals surface area contributed by atoms with Gasteiger partial charge < -0.3 is 49.4 Å². The molecule has 1 spiro atoms. The summed E-state index contributed by atoms with van der Waals surface area (Å²) in [7, 11) is 3.04. The fourth-order valence-electron chi connectivity index (χ4n) is 10.4. The van der Waals surface area contributed by atoms with E-state index in [0.717, 1.165) is 19.6 Å². The quantitative estimate of drug-likeness (QED) is 0.254. The van der Waals surface area contributed by atoms with Crippen LogP contribution in [0.5, 0.6) is 11.5 Å². The molecule has 6 rings (SSSR count). The topological polar surface area (TPSA) is 195 Å². The zero-order valence-corrected chi connectivity index (χ0v) is 39.5. The lowest BCUT2D eigenvalue weighted by Gasteiger charge is -2.40. The molecule has 350 valence electrons. The molecule has 1 amide bonds. The van der Waals surface area contributed by atoms with Gasteiger partial charge in [0.15, 0.2) is 0 Å². The summed E-state index contributed by atoms with van der Waals surface area (Å²) in [6, 6.07) is 0. The van der Waals surface area contributed by atoms with Crippen LogP contribution in [-0.4, -0.2) is 115 Å². The highest BCUT2D eigenvalue weighted by molar-refractivity contribution is 6.34. The number of fused-ring (bicyclic) bond motifs is 3. The monoisotopic (exact) mass is 888 g/mol. The maximum Gasteiger partial charge on any atom is 0.312 e. The number of piperidine rings is 1. The molecule has 15 nitrogen and oxygen atoms in total. The van der Waals surface area contributed by atoms with Crippen molar-refractivity contribution in [3.63, 3.8) is 0 Å². The molecule has 5 bridgehead atoms. The van der Waals surface area contributed by atoms with Gasteiger partial charge >= 0.3 is 11.8 Å². The molecule has 5 aliphatic rings. The lowest BCUT2D eigenvalue weighted by atomic mass is 9.72. The number of rotatable bonds is 7. The van der Waals surface area contributed by atoms with E-state index in [2.05, 4.69) is 29.4 Å². The van der Waals surface area contributed by atoms with Crippen LogP contribution in [-0.2, 0) is 23.8 Å². The van der Waals surface area contributed by atoms with Crippen LogP contribution < -0.4 is 20.1 Å². The Morgan fingerprint density at radius 1 is 0.953 bits per heavy atom. The minimum Gasteiger partial charge on any atom is -0.496 e. The molecule has 15 heteroatoms. The third kappa shape index (κ3) is 9.05. The van der Waals surface area contributed by atoms with Gasteiger partial charge in [-0.1, -0.05) is 59.8 Å². The number of nitrogens with zero attached hydrogens (tertiary/aromatic N) is 2. The Labute approximate surface area is 377 Å². The minimum atomic E-state index is -1.92. The first kappa shape index (κ1) is 48.6. The third-order valence-corrected chi connectivity index (χ3v) is 14.0. The maximum atomic E-state index is 15.0. The molecule has 0 aromatic heterocycles. The summed E-state index contributed by atoms with van der Waals surface area (Å²) >= 11 is 0. The summed E-state index contributed by atoms with van der Waals surface area (Å²) in [5.41, 5.74) is 0.970. The van der Waals surface area contributed by atoms with E-state index in [9.17, 15) is 24.6 Å². The van der Waals surface area contributed by atoms with Crippen molar-refractivity contribution in [1.29, 1.82) is 0 Å². The number of nitrogens with one attached hydrogen (secondary N) is 2. The van der Waals surface area contributed by atoms with E-state index in [4.69, 9.17) is 28.7 Å². The van der Waals surface area contributed by atoms with Crippen LogP contribution in [0.15, 0.2) is 52.5 Å². The summed E-state index contributed by atoms with van der Waals surface area (Å²) in [5, 5.41) is 28.1. The molecule has 0 unspecified atom stereocenters. The smallest absolute Gasteiger partial charge is 0.312 e. The van der Waals surface area contributed by atoms with E-state index >= 15 is 4.79 Å². The third-order valence-electron chi connectivity index (χ3n) is 14.0. The molecule has 1 aromatic rings. The van der Waals surface area contributed by atoms with Gasteiger partial charge in [0.25, 0.3) is 11.7 Å². The van der Waals surface area contributed by atoms with E-state index in [-0.39, 0.29) is 58.9 Å². The van der Waals surface area contributed by atoms with Crippen molar-refractivity contribution in [2.75, 3.05) is 47.1 Å². The van der Waals surface area contributed by atoms with Gasteiger partial charge in [0.1, 0.15) is 29.0 Å². The number of ether oxygens (including phenoxy) is 5. The van der Waals surface area contributed by atoms with Crippen LogP contribution in [0.3, 0.4) is 0 Å². The average molecular weight is 889 g/mol. The second-order valence-electron chi connectivity index (χ2n) is 18.9. The Kier molecular flexibility index (Phi) is 14.7. The van der Waals surface area contributed by atoms with Crippen molar-refractivity contribution in [3.8, 4) is 11.5 Å². The SMILES string of the molecule is COc1c(C)c2c3c4c1C(=O)C(=C1NC5(CCN(CC(C)C)CC5)N=C14)NC(=O)/C(C)=C\C=C\[C@H](C)[C@H](OC)[C@@H](C)[C@@H](CO)[C@@H](C)[C@H](OC(C)=O)[C@H](C)[C@@H](CO)/C=C/O[C@@](C)(O2)C3=O. The number of allylic oxidation sites excluding steroid dienone is 4. The van der Waals surface area contributed by atoms with Crippen molar-refractivity contribution in [2.45, 2.75) is 106 Å². The number of carbonyl (C=O) groups excluding carboxylic acids is 4. The minimum absolute atomic E-state index is 0.00286. The van der Waals surface area contributed by atoms with Gasteiger partial charge in [0.2, 0.25) is 5.78 Å². The summed E-state index contributed by atoms with van der Waals surface area (Å²) in [5.74, 6) is -5.59. The molecule has 0 radical (unpaired) electrons. The molecular formula is C49H68N4O11. The lowest BCUT2D eigenvalue weighted by Crippen LogP contribution is -2.50. The standard InChI is InChI=1S/C49H68N4O11/c1-25(2)22-53-19-17-49(18-20-53)51-38-35-36-41(57)40(39(38)52-49)50-47(59)27(4)15-13-14-26(3)42(60-11)29(6)34(24-55)30(7)43(63-32(9)56)28(5)33(23-54)16-21-62-48(10)46(58)37(35)45(64-48)31(8)44(36)61-12/h13-16,21,25-26,28-30,33-34,42-43,52,54-55H,17-20,22-24H2,1-12H3,(H,50,59)/b14-13+,21-16+,27-15-/t26-,28+,29-,30+,33+,34+,42-,43+,48-/m0/s1. The molecule has 4 N–H and O–H groups in total. The Bertz CT molecular complexity index is 2170. The van der Waals surface area contributed by atoms with E-state index in [1.54, 1.807) is 39.2 Å². The molecule has 1 aromatic carbocycles. The van der Waals surface area contributed by atoms with E-state index in [0.29, 0.717) is 41.3 Å². The molecule has 0 saturated carbocycles. The van der Waals surface area contributed by atoms with Crippen LogP contribution in [0, 0.1) is 48.3 Å². The number of ketones is 2. The van der Waals surface area contributed by atoms with Gasteiger partial charge in [-0.15, -0.1) is 0 Å². The molecule has 1 aliphatic carbocycles. The van der Waals surface area contributed by atoms with E-state index in [1.165, 1.54) is 27.2 Å². The molecule has 1 saturated heterocycles. The number of hydrogen-bond acceptors (Lipinski definition) is 14. The van der Waals surface area contributed by atoms with Crippen LogP contribution in [0.25, 0.3) is 0 Å². The first-order valence-electron chi connectivity index (χ1n) is 22.6. The number of esters is 1. The van der Waals surface area contributed by atoms with Gasteiger partial charge in [-0.2, -0.15) is 0 Å². The average Bonchev–Trinajstić information content (AvgIpc) is 3.74. The largest absolute Gasteiger partial charge is 0.496 e. The second kappa shape index (κ2) is 19.3. The Morgan fingerprint density at radius 3 is 2.22 bits per heavy atom. The maximum absolute atomic E-state index is 15.0. The number of carbonyl (C=O) groups is 4. The lowest BCUT2D eigenvalue weighted by molar-refractivity contribution is -0.157. The summed E-state index contributed by atoms with van der Waals surface area (Å²) < 4.78 is 30.6. The fourth-order valence-corrected chi connectivity index (χ4v) is 10.4. The van der Waals surface area contributed by atoms with Crippen LogP contribution in [0.1, 0.15) is 107 Å². The normalized spacial score (nSPS) is 32.8. The molecule has 4 heterocycles. The van der Waals surface area contributed by atoms with Crippen molar-refractivity contribution in [3.05, 3.63) is 69.8 Å². The van der Waals surface area contributed by atoms with E-state index in [1.807, 2.05) is 33.8 Å². The summed E-state index contributed by atoms with van der Waals surface area (Å²) in [6.07, 6.45) is 8.35. The number of hydrogen-bond donors (Lipinski definition) is 4. The highest BCUT2D eigenvalue weighted by Crippen LogP contribution is 2.50. The second-order valence-corrected chi connectivity index (χ2v) is 18.9. The number of likely N-dealkylation sites (tertiary alicyclic amines) is 1. The molecule has 64 heavy (non-hydrogen) atoms. The first-order valence-corrected chi connectivity index (χ1v) is 22.6. The van der Waals surface area contributed by atoms with Crippen molar-refractivity contribution in [1.82, 2.24) is 15.5 Å². The van der Waals surface area contributed by atoms with Crippen LogP contribution in [0.2, 0.25) is 0 Å². The number of Topliss-reactive ketones (excluding diaryl/α,β-unsaturated/α-hetero) is 2. The van der Waals surface area contributed by atoms with Gasteiger partial charge in [-0.05, 0) is 43.6 Å². The Hall–Kier alpha value is -4.83. The fraction of sp³-hybridized carbons (Fsp3) is 0.612. The van der Waals surface area contributed by atoms with Crippen molar-refractivity contribution < 1.29 is 53.1 Å². The Balaban J connectivity index is 1.52. The molecule has 4 aliphatic heterocycles. The molecule has 1 fully saturated rings. The number of aliphatic imine (C=N–C) groups is 1. The van der Waals surface area contributed by atoms with Crippen LogP contribution >= 0.6 is 0 Å². The van der Waals surface area contributed by atoms with Crippen molar-refractivity contribution in [2.24, 2.45) is 46.4 Å². The number of amides is 1. The highest BCUT2D eigenvalue weighted by atomic mass is 16.7. The van der Waals surface area contributed by atoms with Gasteiger partial charge in [-0.3, -0.25) is 24.2 Å². The number of benzene rings is 1. The molecule has 9 atom stereocenters. The predicted octanol–water partition coefficient (Wildman–Crippen LogP) is 5.41. The first-order chi connectivity index (χ1) is 30.3. The number of aliphatic hydroxyl groups excluding tert-OH is 2. The van der Waals surface area contributed by atoms with Crippen LogP contribution in [0.4, 0.5) is 0 Å². The van der Waals surface area contributed by atoms with Crippen molar-refractivity contribution >= 4 is 29.2 Å². The zero-order valence-electron chi connectivity index (χ0n) is 39.5. The van der Waals surface area contributed by atoms with Gasteiger partial charge in [0, 0.05) is 101 Å². The summed E-state index contributed by atoms with van der Waals surface area (Å²) in [4.78, 5) is 64.3. The van der Waals surface area contributed by atoms with Gasteiger partial charge in [-0.25, -0.2) is 0 Å².